The molecule has 1 N–H and O–H groups in total. The summed E-state index contributed by atoms with van der Waals surface area (Å²) in [6.45, 7) is 5.15. The van der Waals surface area contributed by atoms with Gasteiger partial charge in [-0.2, -0.15) is 0 Å². The number of amides is 2. The minimum atomic E-state index is -0.545. The average molecular weight is 347 g/mol. The maximum atomic E-state index is 13.9. The molecular formula is C19H26FN3O2. The van der Waals surface area contributed by atoms with Crippen LogP contribution in [0.3, 0.4) is 0 Å². The lowest BCUT2D eigenvalue weighted by Crippen LogP contribution is -2.45. The van der Waals surface area contributed by atoms with Crippen LogP contribution in [0.1, 0.15) is 18.9 Å². The highest BCUT2D eigenvalue weighted by Gasteiger charge is 2.53. The first-order chi connectivity index (χ1) is 12.0. The summed E-state index contributed by atoms with van der Waals surface area (Å²) >= 11 is 0. The Balaban J connectivity index is 1.61. The highest BCUT2D eigenvalue weighted by atomic mass is 19.1. The molecule has 2 fully saturated rings. The number of likely N-dealkylation sites (N-methyl/N-ethyl adjacent to an activating group) is 1. The third kappa shape index (κ3) is 3.84. The zero-order valence-corrected chi connectivity index (χ0v) is 14.9. The van der Waals surface area contributed by atoms with E-state index >= 15 is 0 Å². The van der Waals surface area contributed by atoms with Gasteiger partial charge in [-0.25, -0.2) is 4.39 Å². The number of fused-ring (bicyclic) bond motifs is 1. The molecule has 2 amide bonds. The molecule has 6 heteroatoms. The summed E-state index contributed by atoms with van der Waals surface area (Å²) in [6.07, 6.45) is 0.718. The Morgan fingerprint density at radius 1 is 1.20 bits per heavy atom. The third-order valence-corrected chi connectivity index (χ3v) is 5.38. The minimum absolute atomic E-state index is 0.123. The zero-order valence-electron chi connectivity index (χ0n) is 14.9. The summed E-state index contributed by atoms with van der Waals surface area (Å²) in [4.78, 5) is 28.2. The van der Waals surface area contributed by atoms with E-state index in [4.69, 9.17) is 0 Å². The number of carbonyl (C=O) groups excluding carboxylic acids is 2. The van der Waals surface area contributed by atoms with Crippen LogP contribution in [-0.2, 0) is 16.1 Å². The van der Waals surface area contributed by atoms with E-state index in [0.29, 0.717) is 36.4 Å². The Bertz CT molecular complexity index is 641. The van der Waals surface area contributed by atoms with Crippen molar-refractivity contribution in [3.63, 3.8) is 0 Å². The van der Waals surface area contributed by atoms with Crippen molar-refractivity contribution in [3.05, 3.63) is 35.6 Å². The first-order valence-electron chi connectivity index (χ1n) is 9.01. The molecule has 1 saturated heterocycles. The van der Waals surface area contributed by atoms with Gasteiger partial charge < -0.3 is 15.1 Å². The second-order valence-corrected chi connectivity index (χ2v) is 7.15. The fraction of sp³-hybridized carbons (Fsp3) is 0.579. The highest BCUT2D eigenvalue weighted by molar-refractivity contribution is 6.34. The number of halogens is 1. The first kappa shape index (κ1) is 17.9. The third-order valence-electron chi connectivity index (χ3n) is 5.38. The number of nitrogens with zero attached hydrogens (tertiary/aromatic N) is 2. The van der Waals surface area contributed by atoms with E-state index in [-0.39, 0.29) is 12.4 Å². The Morgan fingerprint density at radius 3 is 2.52 bits per heavy atom. The van der Waals surface area contributed by atoms with E-state index in [1.807, 2.05) is 6.92 Å². The monoisotopic (exact) mass is 347 g/mol. The molecule has 1 saturated carbocycles. The van der Waals surface area contributed by atoms with Crippen molar-refractivity contribution in [2.24, 2.45) is 17.8 Å². The zero-order chi connectivity index (χ0) is 18.0. The van der Waals surface area contributed by atoms with Crippen LogP contribution < -0.4 is 5.32 Å². The molecule has 1 aliphatic heterocycles. The van der Waals surface area contributed by atoms with Gasteiger partial charge in [-0.1, -0.05) is 25.1 Å². The molecule has 0 spiro atoms. The van der Waals surface area contributed by atoms with Gasteiger partial charge in [-0.3, -0.25) is 9.59 Å². The summed E-state index contributed by atoms with van der Waals surface area (Å²) in [5.41, 5.74) is 0.433. The number of piperidine rings is 1. The van der Waals surface area contributed by atoms with Crippen LogP contribution in [-0.4, -0.2) is 54.8 Å². The Kier molecular flexibility index (Phi) is 5.37. The van der Waals surface area contributed by atoms with Crippen molar-refractivity contribution in [1.82, 2.24) is 15.1 Å². The second-order valence-electron chi connectivity index (χ2n) is 7.15. The predicted octanol–water partition coefficient (Wildman–Crippen LogP) is 1.49. The molecule has 1 aliphatic carbocycles. The molecular weight excluding hydrogens is 321 g/mol. The van der Waals surface area contributed by atoms with E-state index in [2.05, 4.69) is 5.32 Å². The number of rotatable bonds is 6. The van der Waals surface area contributed by atoms with E-state index in [9.17, 15) is 14.0 Å². The molecule has 0 aromatic heterocycles. The quantitative estimate of drug-likeness (QED) is 0.794. The van der Waals surface area contributed by atoms with E-state index in [1.54, 1.807) is 25.2 Å². The van der Waals surface area contributed by atoms with Gasteiger partial charge in [0.1, 0.15) is 5.82 Å². The second kappa shape index (κ2) is 7.52. The van der Waals surface area contributed by atoms with Gasteiger partial charge in [0.05, 0.1) is 0 Å². The highest BCUT2D eigenvalue weighted by Crippen LogP contribution is 2.48. The maximum Gasteiger partial charge on any atom is 0.312 e. The van der Waals surface area contributed by atoms with Crippen LogP contribution in [0, 0.1) is 23.6 Å². The van der Waals surface area contributed by atoms with Gasteiger partial charge in [-0.15, -0.1) is 0 Å². The topological polar surface area (TPSA) is 52.7 Å². The molecule has 3 atom stereocenters. The van der Waals surface area contributed by atoms with Crippen molar-refractivity contribution in [1.29, 1.82) is 0 Å². The largest absolute Gasteiger partial charge is 0.337 e. The number of benzene rings is 1. The summed E-state index contributed by atoms with van der Waals surface area (Å²) in [5.74, 6) is 0.412. The summed E-state index contributed by atoms with van der Waals surface area (Å²) < 4.78 is 13.9. The van der Waals surface area contributed by atoms with E-state index in [1.165, 1.54) is 15.9 Å². The van der Waals surface area contributed by atoms with Gasteiger partial charge in [-0.05, 0) is 43.3 Å². The molecule has 1 aromatic rings. The smallest absolute Gasteiger partial charge is 0.312 e. The molecule has 2 aliphatic rings. The molecule has 1 unspecified atom stereocenters. The minimum Gasteiger partial charge on any atom is -0.337 e. The Labute approximate surface area is 148 Å². The van der Waals surface area contributed by atoms with E-state index < -0.39 is 11.8 Å². The SMILES string of the molecule is CCCN(Cc1ccccc1F)C(=O)C(=O)N(C)CC1[C@H]2CNC[C@@H]12. The van der Waals surface area contributed by atoms with Crippen molar-refractivity contribution in [3.8, 4) is 0 Å². The molecule has 5 nitrogen and oxygen atoms in total. The van der Waals surface area contributed by atoms with Gasteiger partial charge >= 0.3 is 11.8 Å². The van der Waals surface area contributed by atoms with Crippen LogP contribution >= 0.6 is 0 Å². The van der Waals surface area contributed by atoms with Crippen LogP contribution in [0.15, 0.2) is 24.3 Å². The lowest BCUT2D eigenvalue weighted by atomic mass is 10.2. The summed E-state index contributed by atoms with van der Waals surface area (Å²) in [5, 5.41) is 3.33. The summed E-state index contributed by atoms with van der Waals surface area (Å²) in [6, 6.07) is 6.38. The van der Waals surface area contributed by atoms with Crippen molar-refractivity contribution in [2.75, 3.05) is 33.2 Å². The molecule has 136 valence electrons. The van der Waals surface area contributed by atoms with Crippen LogP contribution in [0.2, 0.25) is 0 Å². The molecule has 0 bridgehead atoms. The lowest BCUT2D eigenvalue weighted by molar-refractivity contribution is -0.151. The fourth-order valence-electron chi connectivity index (χ4n) is 3.87. The number of hydrogen-bond donors (Lipinski definition) is 1. The lowest BCUT2D eigenvalue weighted by Gasteiger charge is -2.25. The van der Waals surface area contributed by atoms with E-state index in [0.717, 1.165) is 19.5 Å². The van der Waals surface area contributed by atoms with Crippen molar-refractivity contribution in [2.45, 2.75) is 19.9 Å². The van der Waals surface area contributed by atoms with Gasteiger partial charge in [0.25, 0.3) is 0 Å². The number of carbonyl (C=O) groups is 2. The maximum absolute atomic E-state index is 13.9. The van der Waals surface area contributed by atoms with Crippen molar-refractivity contribution < 1.29 is 14.0 Å². The molecule has 25 heavy (non-hydrogen) atoms. The Hall–Kier alpha value is -1.95. The van der Waals surface area contributed by atoms with Gasteiger partial charge in [0.15, 0.2) is 0 Å². The molecule has 1 heterocycles. The average Bonchev–Trinajstić information content (AvgIpc) is 3.03. The predicted molar refractivity (Wildman–Crippen MR) is 93.1 cm³/mol. The summed E-state index contributed by atoms with van der Waals surface area (Å²) in [7, 11) is 1.69. The van der Waals surface area contributed by atoms with Crippen molar-refractivity contribution >= 4 is 11.8 Å². The molecule has 3 rings (SSSR count). The van der Waals surface area contributed by atoms with Crippen LogP contribution in [0.25, 0.3) is 0 Å². The number of nitrogens with one attached hydrogen (secondary N) is 1. The van der Waals surface area contributed by atoms with Crippen LogP contribution in [0.4, 0.5) is 4.39 Å². The standard InChI is InChI=1S/C19H26FN3O2/c1-3-8-23(11-13-6-4-5-7-17(13)20)19(25)18(24)22(2)12-16-14-9-21-10-15(14)16/h4-7,14-16,21H,3,8-12H2,1-2H3/t14-,15+,16?. The van der Waals surface area contributed by atoms with Gasteiger partial charge in [0.2, 0.25) is 0 Å². The fourth-order valence-corrected chi connectivity index (χ4v) is 3.87. The molecule has 0 radical (unpaired) electrons. The van der Waals surface area contributed by atoms with Crippen LogP contribution in [0.5, 0.6) is 0 Å². The van der Waals surface area contributed by atoms with Gasteiger partial charge in [0, 0.05) is 32.2 Å². The Morgan fingerprint density at radius 2 is 1.88 bits per heavy atom. The number of hydrogen-bond acceptors (Lipinski definition) is 3. The molecule has 1 aromatic carbocycles. The first-order valence-corrected chi connectivity index (χ1v) is 9.01. The normalized spacial score (nSPS) is 23.9.